The Kier molecular flexibility index (Phi) is 6.61. The van der Waals surface area contributed by atoms with Gasteiger partial charge in [0.1, 0.15) is 0 Å². The number of amides is 1. The van der Waals surface area contributed by atoms with E-state index >= 15 is 0 Å². The van der Waals surface area contributed by atoms with Crippen LogP contribution in [0.2, 0.25) is 0 Å². The molecule has 7 nitrogen and oxygen atoms in total. The molecule has 2 aliphatic rings. The number of piperidine rings is 2. The average molecular weight is 423 g/mol. The Morgan fingerprint density at radius 1 is 1.06 bits per heavy atom. The number of pyridine rings is 1. The molecule has 2 saturated heterocycles. The number of nitrogens with zero attached hydrogens (tertiary/aromatic N) is 4. The van der Waals surface area contributed by atoms with Gasteiger partial charge in [0.15, 0.2) is 0 Å². The molecule has 1 aromatic carbocycles. The molecule has 0 aliphatic carbocycles. The number of aryl methyl sites for hydroxylation is 1. The van der Waals surface area contributed by atoms with E-state index in [-0.39, 0.29) is 22.4 Å². The molecule has 0 saturated carbocycles. The van der Waals surface area contributed by atoms with Gasteiger partial charge in [0.2, 0.25) is 0 Å². The highest BCUT2D eigenvalue weighted by Gasteiger charge is 2.29. The van der Waals surface area contributed by atoms with Crippen LogP contribution in [0, 0.1) is 17.0 Å². The van der Waals surface area contributed by atoms with Crippen molar-refractivity contribution >= 4 is 11.6 Å². The van der Waals surface area contributed by atoms with Crippen molar-refractivity contribution in [2.24, 2.45) is 0 Å². The summed E-state index contributed by atoms with van der Waals surface area (Å²) in [6, 6.07) is 10.8. The van der Waals surface area contributed by atoms with Crippen molar-refractivity contribution in [2.45, 2.75) is 51.5 Å². The Labute approximate surface area is 183 Å². The molecule has 0 unspecified atom stereocenters. The predicted octanol–water partition coefficient (Wildman–Crippen LogP) is 4.30. The summed E-state index contributed by atoms with van der Waals surface area (Å²) in [4.78, 5) is 33.2. The summed E-state index contributed by atoms with van der Waals surface area (Å²) < 4.78 is 0. The van der Waals surface area contributed by atoms with E-state index in [9.17, 15) is 14.9 Å². The molecule has 0 N–H and O–H groups in total. The Balaban J connectivity index is 1.46. The third-order valence-electron chi connectivity index (χ3n) is 6.49. The molecule has 1 aromatic heterocycles. The van der Waals surface area contributed by atoms with Crippen LogP contribution in [-0.4, -0.2) is 51.8 Å². The molecule has 0 atom stereocenters. The molecule has 0 spiro atoms. The zero-order valence-corrected chi connectivity index (χ0v) is 18.1. The molecule has 2 fully saturated rings. The number of benzene rings is 1. The number of carbonyl (C=O) groups excluding carboxylic acids is 1. The molecule has 7 heteroatoms. The highest BCUT2D eigenvalue weighted by Crippen LogP contribution is 2.32. The van der Waals surface area contributed by atoms with Gasteiger partial charge in [0, 0.05) is 42.9 Å². The maximum absolute atomic E-state index is 13.2. The largest absolute Gasteiger partial charge is 0.339 e. The Morgan fingerprint density at radius 3 is 2.48 bits per heavy atom. The van der Waals surface area contributed by atoms with Gasteiger partial charge in [0.05, 0.1) is 16.2 Å². The van der Waals surface area contributed by atoms with Crippen LogP contribution in [0.3, 0.4) is 0 Å². The van der Waals surface area contributed by atoms with E-state index in [0.717, 1.165) is 74.4 Å². The Bertz CT molecular complexity index is 948. The van der Waals surface area contributed by atoms with Crippen molar-refractivity contribution in [3.05, 3.63) is 69.0 Å². The molecule has 31 heavy (non-hydrogen) atoms. The van der Waals surface area contributed by atoms with Crippen LogP contribution in [0.25, 0.3) is 0 Å². The van der Waals surface area contributed by atoms with Crippen LogP contribution in [-0.2, 0) is 6.54 Å². The fourth-order valence-corrected chi connectivity index (χ4v) is 4.76. The number of para-hydroxylation sites is 1. The van der Waals surface area contributed by atoms with E-state index in [1.165, 1.54) is 6.42 Å². The minimum atomic E-state index is -0.308. The van der Waals surface area contributed by atoms with Gasteiger partial charge in [-0.15, -0.1) is 0 Å². The normalized spacial score (nSPS) is 18.2. The lowest BCUT2D eigenvalue weighted by atomic mass is 9.89. The van der Waals surface area contributed by atoms with E-state index in [1.54, 1.807) is 12.1 Å². The van der Waals surface area contributed by atoms with Crippen molar-refractivity contribution in [2.75, 3.05) is 26.2 Å². The number of carbonyl (C=O) groups is 1. The summed E-state index contributed by atoms with van der Waals surface area (Å²) in [5.41, 5.74) is 3.55. The lowest BCUT2D eigenvalue weighted by molar-refractivity contribution is -0.385. The van der Waals surface area contributed by atoms with Gasteiger partial charge in [-0.3, -0.25) is 24.8 Å². The number of hydrogen-bond acceptors (Lipinski definition) is 5. The Morgan fingerprint density at radius 2 is 1.77 bits per heavy atom. The third kappa shape index (κ3) is 4.93. The summed E-state index contributed by atoms with van der Waals surface area (Å²) in [6.07, 6.45) is 5.14. The molecular formula is C24H30N4O3. The maximum atomic E-state index is 13.2. The van der Waals surface area contributed by atoms with Crippen molar-refractivity contribution < 1.29 is 9.72 Å². The van der Waals surface area contributed by atoms with Gasteiger partial charge in [0.25, 0.3) is 11.6 Å². The quantitative estimate of drug-likeness (QED) is 0.530. The van der Waals surface area contributed by atoms with Crippen LogP contribution < -0.4 is 0 Å². The van der Waals surface area contributed by atoms with Gasteiger partial charge >= 0.3 is 0 Å². The molecule has 2 aromatic rings. The second-order valence-electron chi connectivity index (χ2n) is 8.67. The summed E-state index contributed by atoms with van der Waals surface area (Å²) in [5.74, 6) is 0.357. The number of aromatic nitrogens is 1. The number of rotatable bonds is 5. The predicted molar refractivity (Wildman–Crippen MR) is 119 cm³/mol. The standard InChI is InChI=1S/C24H30N4O3/c1-18-9-10-21(24(29)27-13-5-2-6-14-27)23(25-18)19-11-15-26(16-12-19)17-20-7-3-4-8-22(20)28(30)31/h3-4,7-10,19H,2,5-6,11-17H2,1H3. The van der Waals surface area contributed by atoms with Crippen LogP contribution in [0.4, 0.5) is 5.69 Å². The van der Waals surface area contributed by atoms with Crippen LogP contribution in [0.15, 0.2) is 36.4 Å². The van der Waals surface area contributed by atoms with Crippen LogP contribution >= 0.6 is 0 Å². The minimum Gasteiger partial charge on any atom is -0.339 e. The number of nitro benzene ring substituents is 1. The minimum absolute atomic E-state index is 0.115. The van der Waals surface area contributed by atoms with E-state index in [1.807, 2.05) is 36.1 Å². The van der Waals surface area contributed by atoms with Crippen molar-refractivity contribution in [1.29, 1.82) is 0 Å². The van der Waals surface area contributed by atoms with E-state index < -0.39 is 0 Å². The van der Waals surface area contributed by atoms with Gasteiger partial charge in [-0.05, 0) is 64.3 Å². The summed E-state index contributed by atoms with van der Waals surface area (Å²) in [5, 5.41) is 11.3. The highest BCUT2D eigenvalue weighted by atomic mass is 16.6. The van der Waals surface area contributed by atoms with Gasteiger partial charge in [-0.1, -0.05) is 18.2 Å². The van der Waals surface area contributed by atoms with Crippen LogP contribution in [0.1, 0.15) is 65.3 Å². The van der Waals surface area contributed by atoms with Crippen molar-refractivity contribution in [3.8, 4) is 0 Å². The molecule has 164 valence electrons. The first-order chi connectivity index (χ1) is 15.0. The molecule has 2 aliphatic heterocycles. The molecule has 3 heterocycles. The van der Waals surface area contributed by atoms with E-state index in [0.29, 0.717) is 6.54 Å². The third-order valence-corrected chi connectivity index (χ3v) is 6.49. The molecule has 0 radical (unpaired) electrons. The fraction of sp³-hybridized carbons (Fsp3) is 0.500. The SMILES string of the molecule is Cc1ccc(C(=O)N2CCCCC2)c(C2CCN(Cc3ccccc3[N+](=O)[O-])CC2)n1. The first kappa shape index (κ1) is 21.4. The van der Waals surface area contributed by atoms with Crippen molar-refractivity contribution in [1.82, 2.24) is 14.8 Å². The second-order valence-corrected chi connectivity index (χ2v) is 8.67. The second kappa shape index (κ2) is 9.56. The first-order valence-electron chi connectivity index (χ1n) is 11.2. The van der Waals surface area contributed by atoms with Gasteiger partial charge < -0.3 is 4.90 Å². The molecular weight excluding hydrogens is 392 g/mol. The lowest BCUT2D eigenvalue weighted by Crippen LogP contribution is -2.37. The van der Waals surface area contributed by atoms with Gasteiger partial charge in [-0.25, -0.2) is 0 Å². The summed E-state index contributed by atoms with van der Waals surface area (Å²) >= 11 is 0. The lowest BCUT2D eigenvalue weighted by Gasteiger charge is -2.33. The fourth-order valence-electron chi connectivity index (χ4n) is 4.76. The first-order valence-corrected chi connectivity index (χ1v) is 11.2. The Hall–Kier alpha value is -2.80. The summed E-state index contributed by atoms with van der Waals surface area (Å²) in [7, 11) is 0. The van der Waals surface area contributed by atoms with Crippen molar-refractivity contribution in [3.63, 3.8) is 0 Å². The van der Waals surface area contributed by atoms with Gasteiger partial charge in [-0.2, -0.15) is 0 Å². The molecule has 0 bridgehead atoms. The number of likely N-dealkylation sites (tertiary alicyclic amines) is 2. The zero-order valence-electron chi connectivity index (χ0n) is 18.1. The average Bonchev–Trinajstić information content (AvgIpc) is 2.80. The molecule has 4 rings (SSSR count). The molecule has 1 amide bonds. The zero-order chi connectivity index (χ0) is 21.8. The van der Waals surface area contributed by atoms with Crippen LogP contribution in [0.5, 0.6) is 0 Å². The van der Waals surface area contributed by atoms with E-state index in [4.69, 9.17) is 4.98 Å². The maximum Gasteiger partial charge on any atom is 0.273 e. The summed E-state index contributed by atoms with van der Waals surface area (Å²) in [6.45, 7) is 5.89. The number of hydrogen-bond donors (Lipinski definition) is 0. The highest BCUT2D eigenvalue weighted by molar-refractivity contribution is 5.95. The number of nitro groups is 1. The van der Waals surface area contributed by atoms with E-state index in [2.05, 4.69) is 4.90 Å². The topological polar surface area (TPSA) is 79.6 Å². The monoisotopic (exact) mass is 422 g/mol. The smallest absolute Gasteiger partial charge is 0.273 e.